The van der Waals surface area contributed by atoms with Gasteiger partial charge in [-0.3, -0.25) is 4.98 Å². The number of aliphatic hydroxyl groups is 2. The molecule has 0 amide bonds. The van der Waals surface area contributed by atoms with Crippen LogP contribution in [0.4, 0.5) is 0 Å². The average molecular weight is 198 g/mol. The first-order chi connectivity index (χ1) is 6.63. The molecule has 0 aliphatic carbocycles. The van der Waals surface area contributed by atoms with Gasteiger partial charge in [0, 0.05) is 6.42 Å². The second-order valence-electron chi connectivity index (χ2n) is 3.06. The van der Waals surface area contributed by atoms with Crippen LogP contribution in [-0.2, 0) is 6.42 Å². The Morgan fingerprint density at radius 1 is 1.36 bits per heavy atom. The van der Waals surface area contributed by atoms with Gasteiger partial charge in [-0.2, -0.15) is 0 Å². The summed E-state index contributed by atoms with van der Waals surface area (Å²) >= 11 is 0. The summed E-state index contributed by atoms with van der Waals surface area (Å²) in [4.78, 5) is 7.95. The molecule has 0 aliphatic rings. The second-order valence-corrected chi connectivity index (χ2v) is 3.06. The van der Waals surface area contributed by atoms with Crippen molar-refractivity contribution in [3.8, 4) is 5.88 Å². The molecule has 1 heterocycles. The normalized spacial score (nSPS) is 14.9. The summed E-state index contributed by atoms with van der Waals surface area (Å²) in [7, 11) is 1.51. The van der Waals surface area contributed by atoms with Gasteiger partial charge in [-0.15, -0.1) is 0 Å². The summed E-state index contributed by atoms with van der Waals surface area (Å²) in [6.07, 6.45) is 1.71. The van der Waals surface area contributed by atoms with Crippen molar-refractivity contribution in [3.63, 3.8) is 0 Å². The monoisotopic (exact) mass is 198 g/mol. The summed E-state index contributed by atoms with van der Waals surface area (Å²) in [5.41, 5.74) is 0.624. The molecule has 2 atom stereocenters. The third-order valence-electron chi connectivity index (χ3n) is 1.87. The van der Waals surface area contributed by atoms with Crippen LogP contribution in [0.3, 0.4) is 0 Å². The number of aromatic nitrogens is 2. The summed E-state index contributed by atoms with van der Waals surface area (Å²) in [6, 6.07) is 0. The molecule has 0 saturated carbocycles. The Kier molecular flexibility index (Phi) is 3.79. The predicted molar refractivity (Wildman–Crippen MR) is 50.0 cm³/mol. The van der Waals surface area contributed by atoms with Gasteiger partial charge in [-0.1, -0.05) is 0 Å². The summed E-state index contributed by atoms with van der Waals surface area (Å²) < 4.78 is 4.84. The lowest BCUT2D eigenvalue weighted by atomic mass is 10.1. The van der Waals surface area contributed by atoms with Gasteiger partial charge >= 0.3 is 0 Å². The Morgan fingerprint density at radius 2 is 2.07 bits per heavy atom. The van der Waals surface area contributed by atoms with Crippen LogP contribution in [0.25, 0.3) is 0 Å². The lowest BCUT2D eigenvalue weighted by molar-refractivity contribution is 0.0313. The number of rotatable bonds is 4. The van der Waals surface area contributed by atoms with Crippen LogP contribution in [-0.4, -0.2) is 39.5 Å². The standard InChI is InChI=1S/C9H14N2O3/c1-6(12)8(13)3-7-4-11-9(14-2)5-10-7/h4-6,8,12-13H,3H2,1-2H3/t6?,8-/m0/s1. The summed E-state index contributed by atoms with van der Waals surface area (Å²) in [5.74, 6) is 0.431. The molecule has 0 saturated heterocycles. The van der Waals surface area contributed by atoms with E-state index >= 15 is 0 Å². The molecule has 1 unspecified atom stereocenters. The highest BCUT2D eigenvalue weighted by molar-refractivity contribution is 5.07. The minimum Gasteiger partial charge on any atom is -0.480 e. The van der Waals surface area contributed by atoms with Crippen LogP contribution in [0, 0.1) is 0 Å². The van der Waals surface area contributed by atoms with Crippen molar-refractivity contribution in [2.24, 2.45) is 0 Å². The number of aliphatic hydroxyl groups excluding tert-OH is 2. The van der Waals surface area contributed by atoms with Crippen LogP contribution in [0.5, 0.6) is 5.88 Å². The molecule has 0 aromatic carbocycles. The quantitative estimate of drug-likeness (QED) is 0.699. The number of hydrogen-bond acceptors (Lipinski definition) is 5. The highest BCUT2D eigenvalue weighted by atomic mass is 16.5. The third-order valence-corrected chi connectivity index (χ3v) is 1.87. The molecule has 0 bridgehead atoms. The van der Waals surface area contributed by atoms with Crippen LogP contribution in [0.15, 0.2) is 12.4 Å². The van der Waals surface area contributed by atoms with E-state index in [-0.39, 0.29) is 6.42 Å². The van der Waals surface area contributed by atoms with Crippen molar-refractivity contribution in [1.29, 1.82) is 0 Å². The molecule has 14 heavy (non-hydrogen) atoms. The maximum atomic E-state index is 9.36. The van der Waals surface area contributed by atoms with Gasteiger partial charge in [0.25, 0.3) is 0 Å². The third kappa shape index (κ3) is 2.93. The summed E-state index contributed by atoms with van der Waals surface area (Å²) in [6.45, 7) is 1.53. The van der Waals surface area contributed by atoms with E-state index in [1.54, 1.807) is 0 Å². The molecule has 2 N–H and O–H groups in total. The van der Waals surface area contributed by atoms with E-state index in [1.165, 1.54) is 26.4 Å². The molecule has 1 aromatic heterocycles. The summed E-state index contributed by atoms with van der Waals surface area (Å²) in [5, 5.41) is 18.4. The molecule has 5 heteroatoms. The molecular formula is C9H14N2O3. The van der Waals surface area contributed by atoms with Crippen molar-refractivity contribution in [3.05, 3.63) is 18.1 Å². The lowest BCUT2D eigenvalue weighted by Gasteiger charge is -2.12. The van der Waals surface area contributed by atoms with Gasteiger partial charge in [-0.05, 0) is 6.92 Å². The fourth-order valence-electron chi connectivity index (χ4n) is 0.939. The zero-order chi connectivity index (χ0) is 10.6. The Labute approximate surface area is 82.4 Å². The van der Waals surface area contributed by atoms with Gasteiger partial charge in [0.05, 0.1) is 37.4 Å². The van der Waals surface area contributed by atoms with E-state index in [1.807, 2.05) is 0 Å². The fraction of sp³-hybridized carbons (Fsp3) is 0.556. The van der Waals surface area contributed by atoms with Gasteiger partial charge in [-0.25, -0.2) is 4.98 Å². The number of methoxy groups -OCH3 is 1. The van der Waals surface area contributed by atoms with Crippen molar-refractivity contribution < 1.29 is 14.9 Å². The largest absolute Gasteiger partial charge is 0.480 e. The minimum atomic E-state index is -0.808. The number of nitrogens with zero attached hydrogens (tertiary/aromatic N) is 2. The minimum absolute atomic E-state index is 0.286. The van der Waals surface area contributed by atoms with Crippen molar-refractivity contribution in [2.75, 3.05) is 7.11 Å². The molecule has 5 nitrogen and oxygen atoms in total. The Balaban J connectivity index is 2.59. The molecule has 0 fully saturated rings. The maximum absolute atomic E-state index is 9.36. The first kappa shape index (κ1) is 10.9. The van der Waals surface area contributed by atoms with Crippen LogP contribution < -0.4 is 4.74 Å². The van der Waals surface area contributed by atoms with Gasteiger partial charge in [0.15, 0.2) is 0 Å². The Bertz CT molecular complexity index is 274. The number of hydrogen-bond donors (Lipinski definition) is 2. The lowest BCUT2D eigenvalue weighted by Crippen LogP contribution is -2.25. The van der Waals surface area contributed by atoms with E-state index in [0.717, 1.165) is 0 Å². The number of ether oxygens (including phenoxy) is 1. The maximum Gasteiger partial charge on any atom is 0.231 e. The Morgan fingerprint density at radius 3 is 2.50 bits per heavy atom. The predicted octanol–water partition coefficient (Wildman–Crippen LogP) is -0.231. The van der Waals surface area contributed by atoms with E-state index in [4.69, 9.17) is 9.84 Å². The first-order valence-electron chi connectivity index (χ1n) is 4.34. The van der Waals surface area contributed by atoms with Crippen LogP contribution >= 0.6 is 0 Å². The molecule has 0 radical (unpaired) electrons. The zero-order valence-electron chi connectivity index (χ0n) is 8.21. The van der Waals surface area contributed by atoms with E-state index < -0.39 is 12.2 Å². The highest BCUT2D eigenvalue weighted by Crippen LogP contribution is 2.06. The first-order valence-corrected chi connectivity index (χ1v) is 4.34. The van der Waals surface area contributed by atoms with E-state index in [2.05, 4.69) is 9.97 Å². The highest BCUT2D eigenvalue weighted by Gasteiger charge is 2.12. The van der Waals surface area contributed by atoms with Crippen LogP contribution in [0.2, 0.25) is 0 Å². The molecule has 1 aromatic rings. The second kappa shape index (κ2) is 4.88. The van der Waals surface area contributed by atoms with Crippen molar-refractivity contribution in [1.82, 2.24) is 9.97 Å². The molecule has 0 aliphatic heterocycles. The zero-order valence-corrected chi connectivity index (χ0v) is 8.21. The molecule has 78 valence electrons. The van der Waals surface area contributed by atoms with E-state index in [0.29, 0.717) is 11.6 Å². The SMILES string of the molecule is COc1cnc(C[C@H](O)C(C)O)cn1. The van der Waals surface area contributed by atoms with Crippen molar-refractivity contribution >= 4 is 0 Å². The van der Waals surface area contributed by atoms with E-state index in [9.17, 15) is 5.11 Å². The topological polar surface area (TPSA) is 75.5 Å². The van der Waals surface area contributed by atoms with Crippen molar-refractivity contribution in [2.45, 2.75) is 25.6 Å². The molecule has 0 spiro atoms. The average Bonchev–Trinajstić information content (AvgIpc) is 2.19. The van der Waals surface area contributed by atoms with Gasteiger partial charge < -0.3 is 14.9 Å². The smallest absolute Gasteiger partial charge is 0.231 e. The molecular weight excluding hydrogens is 184 g/mol. The fourth-order valence-corrected chi connectivity index (χ4v) is 0.939. The van der Waals surface area contributed by atoms with Gasteiger partial charge in [0.2, 0.25) is 5.88 Å². The Hall–Kier alpha value is -1.20. The van der Waals surface area contributed by atoms with Crippen LogP contribution in [0.1, 0.15) is 12.6 Å². The van der Waals surface area contributed by atoms with Gasteiger partial charge in [0.1, 0.15) is 0 Å². The molecule has 1 rings (SSSR count).